The molecule has 88 valence electrons. The molecule has 1 aromatic carbocycles. The zero-order valence-corrected chi connectivity index (χ0v) is 10.3. The highest BCUT2D eigenvalue weighted by Gasteiger charge is 2.18. The lowest BCUT2D eigenvalue weighted by Crippen LogP contribution is -2.16. The molecule has 1 aromatic heterocycles. The molecule has 0 saturated carbocycles. The van der Waals surface area contributed by atoms with Crippen molar-refractivity contribution in [3.05, 3.63) is 63.9 Å². The standard InChI is InChI=1S/C12H9BrF2N2/c13-7-3-4-9(14)8(6-7)11(16)12-10(15)2-1-5-17-12/h1-6,11H,16H2. The highest BCUT2D eigenvalue weighted by molar-refractivity contribution is 9.10. The summed E-state index contributed by atoms with van der Waals surface area (Å²) in [7, 11) is 0. The molecule has 1 unspecified atom stereocenters. The summed E-state index contributed by atoms with van der Waals surface area (Å²) in [6.45, 7) is 0. The van der Waals surface area contributed by atoms with Gasteiger partial charge in [-0.15, -0.1) is 0 Å². The van der Waals surface area contributed by atoms with Gasteiger partial charge in [-0.05, 0) is 30.3 Å². The van der Waals surface area contributed by atoms with Gasteiger partial charge in [0.1, 0.15) is 11.6 Å². The lowest BCUT2D eigenvalue weighted by Gasteiger charge is -2.13. The maximum absolute atomic E-state index is 13.6. The fourth-order valence-electron chi connectivity index (χ4n) is 1.53. The average molecular weight is 299 g/mol. The number of rotatable bonds is 2. The second-order valence-corrected chi connectivity index (χ2v) is 4.43. The first-order chi connectivity index (χ1) is 8.09. The third kappa shape index (κ3) is 2.50. The minimum atomic E-state index is -0.923. The van der Waals surface area contributed by atoms with Crippen molar-refractivity contribution in [2.24, 2.45) is 5.73 Å². The number of benzene rings is 1. The summed E-state index contributed by atoms with van der Waals surface area (Å²) in [5.74, 6) is -1.02. The molecule has 2 nitrogen and oxygen atoms in total. The van der Waals surface area contributed by atoms with Crippen LogP contribution in [0.5, 0.6) is 0 Å². The van der Waals surface area contributed by atoms with Gasteiger partial charge in [-0.3, -0.25) is 4.98 Å². The fraction of sp³-hybridized carbons (Fsp3) is 0.0833. The molecule has 0 aliphatic carbocycles. The fourth-order valence-corrected chi connectivity index (χ4v) is 1.91. The highest BCUT2D eigenvalue weighted by Crippen LogP contribution is 2.25. The van der Waals surface area contributed by atoms with Gasteiger partial charge in [-0.25, -0.2) is 8.78 Å². The molecular weight excluding hydrogens is 290 g/mol. The van der Waals surface area contributed by atoms with Crippen LogP contribution in [0.1, 0.15) is 17.3 Å². The van der Waals surface area contributed by atoms with E-state index in [1.807, 2.05) is 0 Å². The second kappa shape index (κ2) is 4.89. The van der Waals surface area contributed by atoms with Crippen molar-refractivity contribution < 1.29 is 8.78 Å². The summed E-state index contributed by atoms with van der Waals surface area (Å²) >= 11 is 3.22. The normalized spacial score (nSPS) is 12.5. The second-order valence-electron chi connectivity index (χ2n) is 3.51. The van der Waals surface area contributed by atoms with Gasteiger partial charge in [0.25, 0.3) is 0 Å². The molecule has 1 heterocycles. The molecule has 17 heavy (non-hydrogen) atoms. The Balaban J connectivity index is 2.47. The molecule has 0 aliphatic rings. The number of aromatic nitrogens is 1. The van der Waals surface area contributed by atoms with Gasteiger partial charge in [-0.1, -0.05) is 15.9 Å². The van der Waals surface area contributed by atoms with E-state index in [9.17, 15) is 8.78 Å². The SMILES string of the molecule is NC(c1cc(Br)ccc1F)c1ncccc1F. The Hall–Kier alpha value is -1.33. The molecule has 5 heteroatoms. The predicted octanol–water partition coefficient (Wildman–Crippen LogP) is 3.17. The van der Waals surface area contributed by atoms with Crippen LogP contribution in [0.15, 0.2) is 41.0 Å². The molecule has 0 aliphatic heterocycles. The Bertz CT molecular complexity index is 546. The number of pyridine rings is 1. The number of hydrogen-bond donors (Lipinski definition) is 1. The molecule has 1 atom stereocenters. The van der Waals surface area contributed by atoms with Crippen molar-refractivity contribution >= 4 is 15.9 Å². The van der Waals surface area contributed by atoms with Crippen molar-refractivity contribution in [1.29, 1.82) is 0 Å². The molecule has 0 bridgehead atoms. The van der Waals surface area contributed by atoms with Gasteiger partial charge in [0.2, 0.25) is 0 Å². The average Bonchev–Trinajstić information content (AvgIpc) is 2.32. The number of nitrogens with zero attached hydrogens (tertiary/aromatic N) is 1. The Kier molecular flexibility index (Phi) is 3.49. The van der Waals surface area contributed by atoms with E-state index in [1.165, 1.54) is 30.5 Å². The van der Waals surface area contributed by atoms with Gasteiger partial charge >= 0.3 is 0 Å². The first-order valence-corrected chi connectivity index (χ1v) is 5.70. The Labute approximate surface area is 106 Å². The largest absolute Gasteiger partial charge is 0.319 e. The summed E-state index contributed by atoms with van der Waals surface area (Å²) < 4.78 is 27.7. The first-order valence-electron chi connectivity index (χ1n) is 4.90. The molecule has 0 amide bonds. The van der Waals surface area contributed by atoms with Crippen LogP contribution in [0, 0.1) is 11.6 Å². The molecule has 0 spiro atoms. The third-order valence-corrected chi connectivity index (χ3v) is 2.87. The van der Waals surface area contributed by atoms with E-state index in [2.05, 4.69) is 20.9 Å². The van der Waals surface area contributed by atoms with Crippen molar-refractivity contribution in [3.63, 3.8) is 0 Å². The summed E-state index contributed by atoms with van der Waals surface area (Å²) in [6, 6.07) is 6.14. The number of nitrogens with two attached hydrogens (primary N) is 1. The minimum absolute atomic E-state index is 0.0319. The molecule has 2 N–H and O–H groups in total. The van der Waals surface area contributed by atoms with Crippen LogP contribution >= 0.6 is 15.9 Å². The Morgan fingerprint density at radius 2 is 1.94 bits per heavy atom. The van der Waals surface area contributed by atoms with Crippen LogP contribution in [0.25, 0.3) is 0 Å². The van der Waals surface area contributed by atoms with Crippen LogP contribution in [0.4, 0.5) is 8.78 Å². The van der Waals surface area contributed by atoms with Crippen LogP contribution in [0.3, 0.4) is 0 Å². The quantitative estimate of drug-likeness (QED) is 0.925. The van der Waals surface area contributed by atoms with Gasteiger partial charge in [0.05, 0.1) is 11.7 Å². The van der Waals surface area contributed by atoms with Gasteiger partial charge < -0.3 is 5.73 Å². The summed E-state index contributed by atoms with van der Waals surface area (Å²) in [6.07, 6.45) is 1.42. The summed E-state index contributed by atoms with van der Waals surface area (Å²) in [5, 5.41) is 0. The molecule has 0 radical (unpaired) electrons. The molecular formula is C12H9BrF2N2. The maximum Gasteiger partial charge on any atom is 0.146 e. The monoisotopic (exact) mass is 298 g/mol. The maximum atomic E-state index is 13.6. The van der Waals surface area contributed by atoms with E-state index in [-0.39, 0.29) is 11.3 Å². The van der Waals surface area contributed by atoms with E-state index in [0.29, 0.717) is 4.47 Å². The lowest BCUT2D eigenvalue weighted by atomic mass is 10.0. The zero-order chi connectivity index (χ0) is 12.4. The van der Waals surface area contributed by atoms with Crippen molar-refractivity contribution in [2.75, 3.05) is 0 Å². The highest BCUT2D eigenvalue weighted by atomic mass is 79.9. The number of hydrogen-bond acceptors (Lipinski definition) is 2. The number of halogens is 3. The molecule has 2 rings (SSSR count). The van der Waals surface area contributed by atoms with Crippen LogP contribution in [0.2, 0.25) is 0 Å². The van der Waals surface area contributed by atoms with Gasteiger partial charge in [0, 0.05) is 16.2 Å². The van der Waals surface area contributed by atoms with Crippen molar-refractivity contribution in [1.82, 2.24) is 4.98 Å². The van der Waals surface area contributed by atoms with Crippen molar-refractivity contribution in [3.8, 4) is 0 Å². The van der Waals surface area contributed by atoms with Crippen LogP contribution < -0.4 is 5.73 Å². The minimum Gasteiger partial charge on any atom is -0.319 e. The van der Waals surface area contributed by atoms with Crippen LogP contribution in [-0.2, 0) is 0 Å². The van der Waals surface area contributed by atoms with E-state index >= 15 is 0 Å². The Morgan fingerprint density at radius 3 is 2.65 bits per heavy atom. The molecule has 0 fully saturated rings. The Morgan fingerprint density at radius 1 is 1.18 bits per heavy atom. The van der Waals surface area contributed by atoms with E-state index in [1.54, 1.807) is 6.07 Å². The topological polar surface area (TPSA) is 38.9 Å². The predicted molar refractivity (Wildman–Crippen MR) is 64.3 cm³/mol. The summed E-state index contributed by atoms with van der Waals surface area (Å²) in [4.78, 5) is 3.84. The first kappa shape index (κ1) is 12.1. The van der Waals surface area contributed by atoms with E-state index in [4.69, 9.17) is 5.73 Å². The zero-order valence-electron chi connectivity index (χ0n) is 8.70. The lowest BCUT2D eigenvalue weighted by molar-refractivity contribution is 0.565. The van der Waals surface area contributed by atoms with E-state index in [0.717, 1.165) is 0 Å². The third-order valence-electron chi connectivity index (χ3n) is 2.37. The van der Waals surface area contributed by atoms with Crippen molar-refractivity contribution in [2.45, 2.75) is 6.04 Å². The summed E-state index contributed by atoms with van der Waals surface area (Å²) in [5.41, 5.74) is 6.06. The smallest absolute Gasteiger partial charge is 0.146 e. The van der Waals surface area contributed by atoms with Gasteiger partial charge in [0.15, 0.2) is 0 Å². The van der Waals surface area contributed by atoms with Crippen LogP contribution in [-0.4, -0.2) is 4.98 Å². The van der Waals surface area contributed by atoms with Gasteiger partial charge in [-0.2, -0.15) is 0 Å². The molecule has 0 saturated heterocycles. The molecule has 2 aromatic rings. The van der Waals surface area contributed by atoms with E-state index < -0.39 is 17.7 Å².